The van der Waals surface area contributed by atoms with Crippen LogP contribution in [-0.2, 0) is 0 Å². The van der Waals surface area contributed by atoms with Gasteiger partial charge in [0.1, 0.15) is 0 Å². The van der Waals surface area contributed by atoms with E-state index in [9.17, 15) is 0 Å². The lowest BCUT2D eigenvalue weighted by atomic mass is 10.2. The molecule has 0 unspecified atom stereocenters. The van der Waals surface area contributed by atoms with Gasteiger partial charge >= 0.3 is 0 Å². The maximum Gasteiger partial charge on any atom is 0.0781 e. The van der Waals surface area contributed by atoms with Gasteiger partial charge in [-0.1, -0.05) is 53.2 Å². The fourth-order valence-corrected chi connectivity index (χ4v) is 4.56. The second kappa shape index (κ2) is 7.12. The minimum absolute atomic E-state index is 0.584. The van der Waals surface area contributed by atoms with Gasteiger partial charge in [0.05, 0.1) is 26.3 Å². The molecule has 0 radical (unpaired) electrons. The third-order valence-corrected chi connectivity index (χ3v) is 6.52. The summed E-state index contributed by atoms with van der Waals surface area (Å²) in [5, 5.41) is 3.48. The van der Waals surface area contributed by atoms with Gasteiger partial charge in [-0.25, -0.2) is 0 Å². The van der Waals surface area contributed by atoms with E-state index in [4.69, 9.17) is 23.2 Å². The third kappa shape index (κ3) is 3.49. The largest absolute Gasteiger partial charge is 0.367 e. The van der Waals surface area contributed by atoms with Crippen molar-refractivity contribution in [3.05, 3.63) is 52.5 Å². The molecule has 2 aromatic carbocycles. The van der Waals surface area contributed by atoms with Gasteiger partial charge in [-0.3, -0.25) is 0 Å². The van der Waals surface area contributed by atoms with Gasteiger partial charge in [0.25, 0.3) is 0 Å². The number of likely N-dealkylation sites (N-methyl/N-ethyl adjacent to an activating group) is 1. The zero-order chi connectivity index (χ0) is 17.4. The molecule has 1 aromatic heterocycles. The van der Waals surface area contributed by atoms with Gasteiger partial charge in [0, 0.05) is 36.5 Å². The van der Waals surface area contributed by atoms with Gasteiger partial charge < -0.3 is 14.8 Å². The van der Waals surface area contributed by atoms with E-state index in [1.165, 1.54) is 16.6 Å². The van der Waals surface area contributed by atoms with Crippen LogP contribution in [0.3, 0.4) is 0 Å². The Hall–Kier alpha value is -1.33. The molecule has 0 amide bonds. The molecule has 0 saturated carbocycles. The Morgan fingerprint density at radius 1 is 1.00 bits per heavy atom. The molecule has 3 nitrogen and oxygen atoms in total. The molecule has 0 aliphatic carbocycles. The van der Waals surface area contributed by atoms with Crippen LogP contribution in [0.4, 0.5) is 5.69 Å². The number of H-pyrrole nitrogens is 1. The lowest BCUT2D eigenvalue weighted by Crippen LogP contribution is -2.44. The summed E-state index contributed by atoms with van der Waals surface area (Å²) in [6, 6.07) is 14.4. The van der Waals surface area contributed by atoms with Crippen molar-refractivity contribution in [3.8, 4) is 0 Å². The summed E-state index contributed by atoms with van der Waals surface area (Å²) in [4.78, 5) is 9.36. The quantitative estimate of drug-likeness (QED) is 0.647. The highest BCUT2D eigenvalue weighted by atomic mass is 35.5. The Morgan fingerprint density at radius 2 is 1.76 bits per heavy atom. The van der Waals surface area contributed by atoms with Crippen LogP contribution in [0.5, 0.6) is 0 Å². The molecular formula is C19H19Cl2N3S. The average molecular weight is 392 g/mol. The summed E-state index contributed by atoms with van der Waals surface area (Å²) in [5.74, 6) is 0. The molecule has 0 bridgehead atoms. The monoisotopic (exact) mass is 391 g/mol. The summed E-state index contributed by atoms with van der Waals surface area (Å²) in [6.07, 6.45) is 0. The number of nitrogens with zero attached hydrogens (tertiary/aromatic N) is 2. The predicted octanol–water partition coefficient (Wildman–Crippen LogP) is 5.38. The first-order valence-corrected chi connectivity index (χ1v) is 9.86. The number of aromatic nitrogens is 1. The Labute approximate surface area is 161 Å². The molecule has 0 spiro atoms. The molecule has 0 atom stereocenters. The standard InChI is InChI=1S/C19H19Cl2N3S/c1-23-8-10-24(11-9-23)15-6-2-4-13-12-17(22-19(13)15)25-16-7-3-5-14(20)18(16)21/h2-7,12,22H,8-11H2,1H3. The smallest absolute Gasteiger partial charge is 0.0781 e. The number of rotatable bonds is 3. The van der Waals surface area contributed by atoms with E-state index < -0.39 is 0 Å². The number of fused-ring (bicyclic) bond motifs is 1. The number of anilines is 1. The number of piperazine rings is 1. The van der Waals surface area contributed by atoms with Crippen LogP contribution in [-0.4, -0.2) is 43.1 Å². The average Bonchev–Trinajstić information content (AvgIpc) is 3.02. The van der Waals surface area contributed by atoms with Crippen molar-refractivity contribution in [1.29, 1.82) is 0 Å². The van der Waals surface area contributed by atoms with Crippen molar-refractivity contribution in [2.75, 3.05) is 38.1 Å². The van der Waals surface area contributed by atoms with Crippen LogP contribution in [0.1, 0.15) is 0 Å². The normalized spacial score (nSPS) is 15.9. The highest BCUT2D eigenvalue weighted by Crippen LogP contribution is 2.39. The molecule has 4 rings (SSSR count). The Balaban J connectivity index is 1.66. The lowest BCUT2D eigenvalue weighted by molar-refractivity contribution is 0.313. The number of para-hydroxylation sites is 1. The van der Waals surface area contributed by atoms with E-state index in [2.05, 4.69) is 46.1 Å². The lowest BCUT2D eigenvalue weighted by Gasteiger charge is -2.34. The minimum atomic E-state index is 0.584. The van der Waals surface area contributed by atoms with E-state index in [-0.39, 0.29) is 0 Å². The van der Waals surface area contributed by atoms with Crippen LogP contribution in [0.25, 0.3) is 10.9 Å². The van der Waals surface area contributed by atoms with Gasteiger partial charge in [0.2, 0.25) is 0 Å². The van der Waals surface area contributed by atoms with Crippen molar-refractivity contribution in [3.63, 3.8) is 0 Å². The SMILES string of the molecule is CN1CCN(c2cccc3cc(Sc4cccc(Cl)c4Cl)[nH]c23)CC1. The Bertz CT molecular complexity index is 901. The topological polar surface area (TPSA) is 22.3 Å². The van der Waals surface area contributed by atoms with Gasteiger partial charge in [-0.05, 0) is 31.3 Å². The number of hydrogen-bond donors (Lipinski definition) is 1. The van der Waals surface area contributed by atoms with Crippen LogP contribution in [0.15, 0.2) is 52.4 Å². The maximum atomic E-state index is 6.33. The summed E-state index contributed by atoms with van der Waals surface area (Å²) >= 11 is 14.1. The first kappa shape index (κ1) is 17.1. The zero-order valence-electron chi connectivity index (χ0n) is 13.9. The molecular weight excluding hydrogens is 373 g/mol. The van der Waals surface area contributed by atoms with Crippen LogP contribution in [0, 0.1) is 0 Å². The molecule has 1 fully saturated rings. The molecule has 1 N–H and O–H groups in total. The summed E-state index contributed by atoms with van der Waals surface area (Å²) in [6.45, 7) is 4.29. The second-order valence-electron chi connectivity index (χ2n) is 6.32. The third-order valence-electron chi connectivity index (χ3n) is 4.59. The van der Waals surface area contributed by atoms with Crippen molar-refractivity contribution in [2.24, 2.45) is 0 Å². The fraction of sp³-hybridized carbons (Fsp3) is 0.263. The Morgan fingerprint density at radius 3 is 2.56 bits per heavy atom. The van der Waals surface area contributed by atoms with Crippen molar-refractivity contribution < 1.29 is 0 Å². The summed E-state index contributed by atoms with van der Waals surface area (Å²) in [7, 11) is 2.18. The first-order chi connectivity index (χ1) is 12.1. The maximum absolute atomic E-state index is 6.33. The molecule has 25 heavy (non-hydrogen) atoms. The van der Waals surface area contributed by atoms with Crippen LogP contribution in [0.2, 0.25) is 10.0 Å². The van der Waals surface area contributed by atoms with Crippen LogP contribution < -0.4 is 4.90 Å². The number of hydrogen-bond acceptors (Lipinski definition) is 3. The zero-order valence-corrected chi connectivity index (χ0v) is 16.3. The number of nitrogens with one attached hydrogen (secondary N) is 1. The van der Waals surface area contributed by atoms with Crippen molar-refractivity contribution in [1.82, 2.24) is 9.88 Å². The highest BCUT2D eigenvalue weighted by Gasteiger charge is 2.17. The number of benzene rings is 2. The van der Waals surface area contributed by atoms with E-state index in [0.717, 1.165) is 36.1 Å². The summed E-state index contributed by atoms with van der Waals surface area (Å²) in [5.41, 5.74) is 2.46. The van der Waals surface area contributed by atoms with E-state index in [0.29, 0.717) is 10.0 Å². The molecule has 1 aliphatic heterocycles. The summed E-state index contributed by atoms with van der Waals surface area (Å²) < 4.78 is 0. The predicted molar refractivity (Wildman–Crippen MR) is 109 cm³/mol. The minimum Gasteiger partial charge on any atom is -0.367 e. The van der Waals surface area contributed by atoms with E-state index in [1.807, 2.05) is 18.2 Å². The highest BCUT2D eigenvalue weighted by molar-refractivity contribution is 7.99. The molecule has 2 heterocycles. The molecule has 3 aromatic rings. The molecule has 130 valence electrons. The molecule has 1 saturated heterocycles. The molecule has 6 heteroatoms. The fourth-order valence-electron chi connectivity index (χ4n) is 3.16. The van der Waals surface area contributed by atoms with E-state index >= 15 is 0 Å². The van der Waals surface area contributed by atoms with Gasteiger partial charge in [-0.15, -0.1) is 0 Å². The Kier molecular flexibility index (Phi) is 4.87. The number of aromatic amines is 1. The van der Waals surface area contributed by atoms with Crippen LogP contribution >= 0.6 is 35.0 Å². The van der Waals surface area contributed by atoms with E-state index in [1.54, 1.807) is 11.8 Å². The van der Waals surface area contributed by atoms with Gasteiger partial charge in [0.15, 0.2) is 0 Å². The second-order valence-corrected chi connectivity index (χ2v) is 8.19. The van der Waals surface area contributed by atoms with Crippen molar-refractivity contribution >= 4 is 51.6 Å². The molecule has 1 aliphatic rings. The van der Waals surface area contributed by atoms with Crippen molar-refractivity contribution in [2.45, 2.75) is 9.92 Å². The van der Waals surface area contributed by atoms with Gasteiger partial charge in [-0.2, -0.15) is 0 Å². The number of halogens is 2. The first-order valence-electron chi connectivity index (χ1n) is 8.29.